The van der Waals surface area contributed by atoms with Crippen LogP contribution >= 0.6 is 23.4 Å². The van der Waals surface area contributed by atoms with E-state index in [-0.39, 0.29) is 26.0 Å². The van der Waals surface area contributed by atoms with Crippen LogP contribution in [-0.4, -0.2) is 24.2 Å². The molecule has 0 saturated heterocycles. The minimum atomic E-state index is -4.51. The Kier molecular flexibility index (Phi) is 7.60. The molecule has 0 unspecified atom stereocenters. The number of nitrogens with two attached hydrogens (primary N) is 1. The van der Waals surface area contributed by atoms with Gasteiger partial charge in [-0.2, -0.15) is 31.4 Å². The van der Waals surface area contributed by atoms with Crippen molar-refractivity contribution in [2.45, 2.75) is 35.6 Å². The molecule has 0 fully saturated rings. The van der Waals surface area contributed by atoms with E-state index in [4.69, 9.17) is 17.3 Å². The van der Waals surface area contributed by atoms with Crippen LogP contribution in [0, 0.1) is 13.8 Å². The Morgan fingerprint density at radius 1 is 1.08 bits per heavy atom. The van der Waals surface area contributed by atoms with Crippen LogP contribution in [0.3, 0.4) is 0 Å². The van der Waals surface area contributed by atoms with Crippen molar-refractivity contribution in [3.05, 3.63) is 98.4 Å². The van der Waals surface area contributed by atoms with E-state index in [1.807, 2.05) is 0 Å². The largest absolute Gasteiger partial charge is 0.416 e. The summed E-state index contributed by atoms with van der Waals surface area (Å²) in [5, 5.41) is 5.24. The molecule has 0 aliphatic carbocycles. The highest BCUT2D eigenvalue weighted by Gasteiger charge is 2.30. The molecule has 38 heavy (non-hydrogen) atoms. The molecule has 7 nitrogen and oxygen atoms in total. The summed E-state index contributed by atoms with van der Waals surface area (Å²) < 4.78 is 70.3. The van der Waals surface area contributed by atoms with Gasteiger partial charge >= 0.3 is 6.18 Å². The predicted molar refractivity (Wildman–Crippen MR) is 142 cm³/mol. The van der Waals surface area contributed by atoms with Gasteiger partial charge in [-0.05, 0) is 49.2 Å². The molecule has 0 amide bonds. The fraction of sp³-hybridized carbons (Fsp3) is 0.160. The van der Waals surface area contributed by atoms with Gasteiger partial charge in [-0.15, -0.1) is 16.2 Å². The van der Waals surface area contributed by atoms with Gasteiger partial charge in [0.2, 0.25) is 5.96 Å². The van der Waals surface area contributed by atoms with Crippen molar-refractivity contribution in [1.29, 1.82) is 0 Å². The smallest absolute Gasteiger partial charge is 0.367 e. The van der Waals surface area contributed by atoms with E-state index in [0.29, 0.717) is 26.9 Å². The van der Waals surface area contributed by atoms with Crippen molar-refractivity contribution in [2.75, 3.05) is 0 Å². The van der Waals surface area contributed by atoms with Gasteiger partial charge in [0.15, 0.2) is 0 Å². The van der Waals surface area contributed by atoms with Crippen molar-refractivity contribution < 1.29 is 21.6 Å². The molecule has 4 aromatic rings. The van der Waals surface area contributed by atoms with E-state index in [1.165, 1.54) is 24.3 Å². The van der Waals surface area contributed by atoms with Crippen LogP contribution in [-0.2, 0) is 22.0 Å². The first-order valence-electron chi connectivity index (χ1n) is 11.0. The van der Waals surface area contributed by atoms with Crippen LogP contribution in [0.15, 0.2) is 79.6 Å². The molecule has 0 atom stereocenters. The fourth-order valence-electron chi connectivity index (χ4n) is 3.66. The number of thioether (sulfide) groups is 1. The number of fused-ring (bicyclic) bond motifs is 1. The van der Waals surface area contributed by atoms with Crippen molar-refractivity contribution in [1.82, 2.24) is 9.78 Å². The maximum atomic E-state index is 13.3. The second-order valence-corrected chi connectivity index (χ2v) is 11.3. The molecule has 0 bridgehead atoms. The van der Waals surface area contributed by atoms with Crippen LogP contribution < -0.4 is 11.3 Å². The summed E-state index contributed by atoms with van der Waals surface area (Å²) in [5.74, 6) is -0.638. The summed E-state index contributed by atoms with van der Waals surface area (Å²) in [4.78, 5) is 12.8. The average Bonchev–Trinajstić information content (AvgIpc) is 2.86. The topological polar surface area (TPSA) is 107 Å². The van der Waals surface area contributed by atoms with E-state index in [9.17, 15) is 26.4 Å². The van der Waals surface area contributed by atoms with Crippen molar-refractivity contribution in [2.24, 2.45) is 10.1 Å². The van der Waals surface area contributed by atoms with Gasteiger partial charge in [-0.25, -0.2) is 0 Å². The molecule has 3 aromatic carbocycles. The Balaban J connectivity index is 1.74. The van der Waals surface area contributed by atoms with Gasteiger partial charge in [0.1, 0.15) is 4.90 Å². The quantitative estimate of drug-likeness (QED) is 0.189. The first-order chi connectivity index (χ1) is 17.8. The van der Waals surface area contributed by atoms with Crippen LogP contribution in [0.4, 0.5) is 13.2 Å². The molecular formula is C25H20ClF3N4O3S2. The second-order valence-electron chi connectivity index (χ2n) is 8.31. The summed E-state index contributed by atoms with van der Waals surface area (Å²) >= 11 is 7.20. The predicted octanol–water partition coefficient (Wildman–Crippen LogP) is 5.53. The van der Waals surface area contributed by atoms with E-state index in [2.05, 4.69) is 9.50 Å². The molecule has 0 aliphatic heterocycles. The highest BCUT2D eigenvalue weighted by Crippen LogP contribution is 2.36. The number of rotatable bonds is 5. The Morgan fingerprint density at radius 3 is 2.45 bits per heavy atom. The Hall–Kier alpha value is -3.35. The standard InChI is InChI=1S/C25H20ClF3N4O3S2/c1-14-10-22(21(12-20(14)26)37-13-16-6-5-7-17(11-16)25(27,28)29)38(35,36)32-24(30)33-23(34)19-9-4-3-8-18(19)15(2)31-33/h3-12H,13H2,1-2H3,(H2,30,32). The lowest BCUT2D eigenvalue weighted by Gasteiger charge is -2.12. The van der Waals surface area contributed by atoms with Crippen LogP contribution in [0.25, 0.3) is 10.8 Å². The third-order valence-corrected chi connectivity index (χ3v) is 8.56. The maximum Gasteiger partial charge on any atom is 0.416 e. The molecule has 198 valence electrons. The number of aromatic nitrogens is 2. The summed E-state index contributed by atoms with van der Waals surface area (Å²) in [6, 6.07) is 14.1. The number of hydrogen-bond donors (Lipinski definition) is 1. The summed E-state index contributed by atoms with van der Waals surface area (Å²) in [6.07, 6.45) is -4.51. The number of alkyl halides is 3. The molecule has 0 aliphatic rings. The van der Waals surface area contributed by atoms with Gasteiger partial charge < -0.3 is 5.73 Å². The number of aryl methyl sites for hydroxylation is 2. The average molecular weight is 581 g/mol. The number of sulfonamides is 1. The summed E-state index contributed by atoms with van der Waals surface area (Å²) in [6.45, 7) is 3.24. The first kappa shape index (κ1) is 27.7. The maximum absolute atomic E-state index is 13.3. The lowest BCUT2D eigenvalue weighted by Crippen LogP contribution is -2.36. The van der Waals surface area contributed by atoms with Crippen molar-refractivity contribution >= 4 is 50.1 Å². The van der Waals surface area contributed by atoms with E-state index >= 15 is 0 Å². The minimum absolute atomic E-state index is 0.0237. The highest BCUT2D eigenvalue weighted by atomic mass is 35.5. The van der Waals surface area contributed by atoms with E-state index < -0.39 is 33.3 Å². The lowest BCUT2D eigenvalue weighted by atomic mass is 10.1. The third kappa shape index (κ3) is 5.71. The van der Waals surface area contributed by atoms with Gasteiger partial charge in [0.05, 0.1) is 16.6 Å². The summed E-state index contributed by atoms with van der Waals surface area (Å²) in [7, 11) is -4.49. The number of halogens is 4. The molecule has 13 heteroatoms. The minimum Gasteiger partial charge on any atom is -0.367 e. The Labute approximate surface area is 225 Å². The lowest BCUT2D eigenvalue weighted by molar-refractivity contribution is -0.137. The monoisotopic (exact) mass is 580 g/mol. The van der Waals surface area contributed by atoms with Crippen molar-refractivity contribution in [3.63, 3.8) is 0 Å². The first-order valence-corrected chi connectivity index (χ1v) is 13.8. The van der Waals surface area contributed by atoms with Gasteiger partial charge in [-0.3, -0.25) is 4.79 Å². The Morgan fingerprint density at radius 2 is 1.76 bits per heavy atom. The second kappa shape index (κ2) is 10.4. The van der Waals surface area contributed by atoms with Crippen LogP contribution in [0.1, 0.15) is 22.4 Å². The van der Waals surface area contributed by atoms with Gasteiger partial charge in [0, 0.05) is 21.1 Å². The fourth-order valence-corrected chi connectivity index (χ4v) is 6.35. The number of benzene rings is 3. The molecule has 4 rings (SSSR count). The zero-order valence-electron chi connectivity index (χ0n) is 20.0. The molecule has 0 spiro atoms. The van der Waals surface area contributed by atoms with Gasteiger partial charge in [-0.1, -0.05) is 48.0 Å². The zero-order chi connectivity index (χ0) is 27.8. The SMILES string of the molecule is Cc1cc(S(=O)(=O)/N=C(\N)n2nc(C)c3ccccc3c2=O)c(SCc2cccc(C(F)(F)F)c2)cc1Cl. The number of hydrogen-bond acceptors (Lipinski definition) is 5. The molecule has 0 saturated carbocycles. The normalized spacial score (nSPS) is 12.7. The number of nitrogens with zero attached hydrogens (tertiary/aromatic N) is 3. The zero-order valence-corrected chi connectivity index (χ0v) is 22.3. The van der Waals surface area contributed by atoms with Crippen LogP contribution in [0.2, 0.25) is 5.02 Å². The molecule has 0 radical (unpaired) electrons. The molecule has 1 heterocycles. The van der Waals surface area contributed by atoms with Crippen molar-refractivity contribution in [3.8, 4) is 0 Å². The third-order valence-electron chi connectivity index (χ3n) is 5.57. The van der Waals surface area contributed by atoms with Crippen LogP contribution in [0.5, 0.6) is 0 Å². The molecule has 2 N–H and O–H groups in total. The van der Waals surface area contributed by atoms with E-state index in [0.717, 1.165) is 23.9 Å². The van der Waals surface area contributed by atoms with E-state index in [1.54, 1.807) is 38.1 Å². The van der Waals surface area contributed by atoms with Gasteiger partial charge in [0.25, 0.3) is 15.6 Å². The highest BCUT2D eigenvalue weighted by molar-refractivity contribution is 7.99. The summed E-state index contributed by atoms with van der Waals surface area (Å²) in [5.41, 5.74) is 5.69. The Bertz CT molecular complexity index is 1750. The molecule has 1 aromatic heterocycles. The molecular weight excluding hydrogens is 561 g/mol.